The van der Waals surface area contributed by atoms with Crippen LogP contribution in [0.5, 0.6) is 0 Å². The van der Waals surface area contributed by atoms with Crippen molar-refractivity contribution in [3.63, 3.8) is 0 Å². The molecule has 0 amide bonds. The van der Waals surface area contributed by atoms with Crippen molar-refractivity contribution < 1.29 is 31.1 Å². The lowest BCUT2D eigenvalue weighted by molar-refractivity contribution is -0.121. The number of aliphatic hydroxyl groups is 1. The smallest absolute Gasteiger partial charge is 0.384 e. The van der Waals surface area contributed by atoms with E-state index in [9.17, 15) is 26.0 Å². The van der Waals surface area contributed by atoms with Crippen LogP contribution >= 0.6 is 0 Å². The van der Waals surface area contributed by atoms with Crippen molar-refractivity contribution in [1.82, 2.24) is 4.72 Å². The Kier molecular flexibility index (Phi) is 5.10. The Bertz CT molecular complexity index is 644. The molecule has 0 fully saturated rings. The highest BCUT2D eigenvalue weighted by Crippen LogP contribution is 2.17. The molecule has 4 nitrogen and oxygen atoms in total. The number of sulfonamides is 1. The van der Waals surface area contributed by atoms with Crippen LogP contribution in [0.1, 0.15) is 5.56 Å². The summed E-state index contributed by atoms with van der Waals surface area (Å²) >= 11 is 0. The van der Waals surface area contributed by atoms with E-state index in [0.717, 1.165) is 12.1 Å². The normalized spacial score (nSPS) is 11.8. The molecule has 0 spiro atoms. The van der Waals surface area contributed by atoms with E-state index < -0.39 is 40.1 Å². The average Bonchev–Trinajstić information content (AvgIpc) is 2.34. The summed E-state index contributed by atoms with van der Waals surface area (Å²) in [5, 5.41) is 8.44. The molecule has 20 heavy (non-hydrogen) atoms. The van der Waals surface area contributed by atoms with Crippen LogP contribution in [0.25, 0.3) is 0 Å². The Morgan fingerprint density at radius 3 is 2.45 bits per heavy atom. The minimum atomic E-state index is -4.71. The minimum absolute atomic E-state index is 0.172. The Labute approximate surface area is 112 Å². The third-order valence-electron chi connectivity index (χ3n) is 2.02. The van der Waals surface area contributed by atoms with Gasteiger partial charge in [0, 0.05) is 0 Å². The van der Waals surface area contributed by atoms with Gasteiger partial charge in [-0.2, -0.15) is 13.2 Å². The maximum absolute atomic E-state index is 13.5. The topological polar surface area (TPSA) is 66.4 Å². The molecule has 0 aromatic heterocycles. The standard InChI is InChI=1S/C11H9F4NO3S/c12-10-6-9(4-3-8(10)2-1-5-17)20(18,19)16-7-11(13,14)15/h3-4,6,16-17H,5,7H2. The molecule has 9 heteroatoms. The van der Waals surface area contributed by atoms with Crippen molar-refractivity contribution in [2.45, 2.75) is 11.1 Å². The van der Waals surface area contributed by atoms with E-state index in [4.69, 9.17) is 5.11 Å². The molecule has 0 aliphatic carbocycles. The molecule has 0 aliphatic heterocycles. The number of alkyl halides is 3. The van der Waals surface area contributed by atoms with Gasteiger partial charge in [-0.05, 0) is 18.2 Å². The van der Waals surface area contributed by atoms with E-state index >= 15 is 0 Å². The fourth-order valence-electron chi connectivity index (χ4n) is 1.16. The summed E-state index contributed by atoms with van der Waals surface area (Å²) in [4.78, 5) is -0.645. The second-order valence-electron chi connectivity index (χ2n) is 3.54. The molecule has 2 N–H and O–H groups in total. The summed E-state index contributed by atoms with van der Waals surface area (Å²) in [5.41, 5.74) is -0.172. The Balaban J connectivity index is 3.00. The number of rotatable bonds is 3. The molecule has 0 heterocycles. The molecular formula is C11H9F4NO3S. The predicted octanol–water partition coefficient (Wildman–Crippen LogP) is 1.01. The molecule has 0 saturated heterocycles. The highest BCUT2D eigenvalue weighted by molar-refractivity contribution is 7.89. The number of hydrogen-bond donors (Lipinski definition) is 2. The van der Waals surface area contributed by atoms with E-state index in [1.54, 1.807) is 0 Å². The van der Waals surface area contributed by atoms with Crippen molar-refractivity contribution in [3.05, 3.63) is 29.6 Å². The van der Waals surface area contributed by atoms with Crippen LogP contribution in [0.2, 0.25) is 0 Å². The van der Waals surface area contributed by atoms with Gasteiger partial charge in [0.25, 0.3) is 0 Å². The number of nitrogens with one attached hydrogen (secondary N) is 1. The van der Waals surface area contributed by atoms with Crippen LogP contribution < -0.4 is 4.72 Å². The average molecular weight is 311 g/mol. The molecule has 0 unspecified atom stereocenters. The molecule has 110 valence electrons. The zero-order valence-electron chi connectivity index (χ0n) is 9.83. The van der Waals surface area contributed by atoms with Crippen LogP contribution in [-0.2, 0) is 10.0 Å². The summed E-state index contributed by atoms with van der Waals surface area (Å²) in [5.74, 6) is 3.37. The fourth-order valence-corrected chi connectivity index (χ4v) is 2.19. The van der Waals surface area contributed by atoms with E-state index in [1.807, 2.05) is 0 Å². The Morgan fingerprint density at radius 2 is 1.95 bits per heavy atom. The number of hydrogen-bond acceptors (Lipinski definition) is 3. The van der Waals surface area contributed by atoms with E-state index in [1.165, 1.54) is 4.72 Å². The van der Waals surface area contributed by atoms with E-state index in [2.05, 4.69) is 11.8 Å². The fraction of sp³-hybridized carbons (Fsp3) is 0.273. The van der Waals surface area contributed by atoms with Gasteiger partial charge in [-0.25, -0.2) is 17.5 Å². The summed E-state index contributed by atoms with van der Waals surface area (Å²) in [7, 11) is -4.46. The quantitative estimate of drug-likeness (QED) is 0.647. The second kappa shape index (κ2) is 6.21. The SMILES string of the molecule is O=S(=O)(NCC(F)(F)F)c1ccc(C#CCO)c(F)c1. The minimum Gasteiger partial charge on any atom is -0.384 e. The van der Waals surface area contributed by atoms with Gasteiger partial charge < -0.3 is 5.11 Å². The first-order chi connectivity index (χ1) is 9.15. The number of aliphatic hydroxyl groups excluding tert-OH is 1. The van der Waals surface area contributed by atoms with E-state index in [-0.39, 0.29) is 5.56 Å². The van der Waals surface area contributed by atoms with Gasteiger partial charge in [0.1, 0.15) is 19.0 Å². The molecule has 0 atom stereocenters. The summed E-state index contributed by atoms with van der Waals surface area (Å²) in [6.07, 6.45) is -4.71. The molecule has 0 saturated carbocycles. The number of halogens is 4. The molecule has 0 bridgehead atoms. The molecule has 1 aromatic rings. The highest BCUT2D eigenvalue weighted by atomic mass is 32.2. The monoisotopic (exact) mass is 311 g/mol. The Hall–Kier alpha value is -1.63. The third-order valence-corrected chi connectivity index (χ3v) is 3.41. The van der Waals surface area contributed by atoms with Crippen LogP contribution in [-0.4, -0.2) is 32.9 Å². The summed E-state index contributed by atoms with van der Waals surface area (Å²) in [6, 6.07) is 2.48. The maximum Gasteiger partial charge on any atom is 0.402 e. The zero-order valence-corrected chi connectivity index (χ0v) is 10.6. The van der Waals surface area contributed by atoms with Crippen LogP contribution in [0, 0.1) is 17.7 Å². The molecule has 0 aliphatic rings. The second-order valence-corrected chi connectivity index (χ2v) is 5.31. The van der Waals surface area contributed by atoms with Gasteiger partial charge in [0.05, 0.1) is 10.5 Å². The van der Waals surface area contributed by atoms with Crippen molar-refractivity contribution in [2.24, 2.45) is 0 Å². The first kappa shape index (κ1) is 16.4. The van der Waals surface area contributed by atoms with Gasteiger partial charge in [-0.1, -0.05) is 11.8 Å². The summed E-state index contributed by atoms with van der Waals surface area (Å²) in [6.45, 7) is -2.25. The van der Waals surface area contributed by atoms with Crippen molar-refractivity contribution >= 4 is 10.0 Å². The first-order valence-corrected chi connectivity index (χ1v) is 6.60. The van der Waals surface area contributed by atoms with Crippen LogP contribution in [0.3, 0.4) is 0 Å². The lowest BCUT2D eigenvalue weighted by Gasteiger charge is -2.09. The molecule has 1 rings (SSSR count). The van der Waals surface area contributed by atoms with Gasteiger partial charge >= 0.3 is 6.18 Å². The van der Waals surface area contributed by atoms with Gasteiger partial charge in [0.15, 0.2) is 0 Å². The van der Waals surface area contributed by atoms with Crippen molar-refractivity contribution in [2.75, 3.05) is 13.2 Å². The maximum atomic E-state index is 13.5. The largest absolute Gasteiger partial charge is 0.402 e. The van der Waals surface area contributed by atoms with Crippen molar-refractivity contribution in [3.8, 4) is 11.8 Å². The summed E-state index contributed by atoms with van der Waals surface area (Å²) < 4.78 is 73.6. The van der Waals surface area contributed by atoms with E-state index in [0.29, 0.717) is 6.07 Å². The molecule has 1 aromatic carbocycles. The lowest BCUT2D eigenvalue weighted by Crippen LogP contribution is -2.33. The van der Waals surface area contributed by atoms with Gasteiger partial charge in [-0.3, -0.25) is 0 Å². The molecule has 0 radical (unpaired) electrons. The zero-order chi connectivity index (χ0) is 15.4. The molecular weight excluding hydrogens is 302 g/mol. The predicted molar refractivity (Wildman–Crippen MR) is 61.6 cm³/mol. The Morgan fingerprint density at radius 1 is 1.30 bits per heavy atom. The third kappa shape index (κ3) is 4.80. The van der Waals surface area contributed by atoms with Crippen LogP contribution in [0.4, 0.5) is 17.6 Å². The number of benzene rings is 1. The first-order valence-electron chi connectivity index (χ1n) is 5.11. The van der Waals surface area contributed by atoms with Gasteiger partial charge in [-0.15, -0.1) is 0 Å². The van der Waals surface area contributed by atoms with Crippen molar-refractivity contribution in [1.29, 1.82) is 0 Å². The highest BCUT2D eigenvalue weighted by Gasteiger charge is 2.30. The van der Waals surface area contributed by atoms with Gasteiger partial charge in [0.2, 0.25) is 10.0 Å². The van der Waals surface area contributed by atoms with Crippen LogP contribution in [0.15, 0.2) is 23.1 Å². The lowest BCUT2D eigenvalue weighted by atomic mass is 10.2.